The third-order valence-corrected chi connectivity index (χ3v) is 2.76. The van der Waals surface area contributed by atoms with Crippen LogP contribution in [0.2, 0.25) is 0 Å². The van der Waals surface area contributed by atoms with Crippen molar-refractivity contribution in [1.82, 2.24) is 0 Å². The Bertz CT molecular complexity index is 615. The first-order chi connectivity index (χ1) is 7.70. The third kappa shape index (κ3) is 2.08. The second-order valence-electron chi connectivity index (χ2n) is 3.33. The lowest BCUT2D eigenvalue weighted by molar-refractivity contribution is -0.111. The lowest BCUT2D eigenvalue weighted by atomic mass is 10.1. The second-order valence-corrected chi connectivity index (χ2v) is 4.24. The van der Waals surface area contributed by atoms with Gasteiger partial charge in [-0.25, -0.2) is 0 Å². The van der Waals surface area contributed by atoms with Gasteiger partial charge in [-0.3, -0.25) is 4.79 Å². The molecule has 0 spiro atoms. The van der Waals surface area contributed by atoms with E-state index in [4.69, 9.17) is 5.53 Å². The van der Waals surface area contributed by atoms with E-state index in [1.54, 1.807) is 12.1 Å². The molecule has 4 heteroatoms. The Hall–Kier alpha value is -1.77. The van der Waals surface area contributed by atoms with E-state index in [0.717, 1.165) is 21.5 Å². The molecule has 0 heterocycles. The number of Topliss-reactive ketones (excluding diaryl/α,β-unsaturated/α-hetero) is 1. The highest BCUT2D eigenvalue weighted by Crippen LogP contribution is 2.20. The van der Waals surface area contributed by atoms with Gasteiger partial charge in [0.15, 0.2) is 0 Å². The quantitative estimate of drug-likeness (QED) is 0.389. The van der Waals surface area contributed by atoms with Crippen LogP contribution >= 0.6 is 15.9 Å². The van der Waals surface area contributed by atoms with Crippen LogP contribution in [0.25, 0.3) is 10.8 Å². The van der Waals surface area contributed by atoms with Crippen molar-refractivity contribution in [2.24, 2.45) is 0 Å². The lowest BCUT2D eigenvalue weighted by Gasteiger charge is -1.99. The number of nitrogens with one attached hydrogen (secondary N) is 1. The third-order valence-electron chi connectivity index (χ3n) is 2.27. The highest BCUT2D eigenvalue weighted by atomic mass is 79.9. The summed E-state index contributed by atoms with van der Waals surface area (Å²) in [7, 11) is 0. The minimum Gasteiger partial charge on any atom is -0.281 e. The largest absolute Gasteiger partial charge is 0.377 e. The predicted molar refractivity (Wildman–Crippen MR) is 65.0 cm³/mol. The summed E-state index contributed by atoms with van der Waals surface area (Å²) in [4.78, 5) is 14.5. The molecule has 0 atom stereocenters. The standard InChI is InChI=1S/C12H8BrN2O/c13-11-4-3-8-5-10(12(16)7-15-14)2-1-9(8)6-11/h1-7,14H/q+1. The van der Waals surface area contributed by atoms with Gasteiger partial charge in [-0.1, -0.05) is 34.1 Å². The molecule has 0 fully saturated rings. The van der Waals surface area contributed by atoms with Crippen LogP contribution in [0, 0.1) is 5.53 Å². The number of nitrogens with zero attached hydrogens (tertiary/aromatic N) is 1. The van der Waals surface area contributed by atoms with Gasteiger partial charge in [0.2, 0.25) is 0 Å². The van der Waals surface area contributed by atoms with E-state index < -0.39 is 0 Å². The Kier molecular flexibility index (Phi) is 2.95. The van der Waals surface area contributed by atoms with Crippen LogP contribution in [-0.4, -0.2) is 16.8 Å². The zero-order chi connectivity index (χ0) is 11.5. The smallest absolute Gasteiger partial charge is 0.281 e. The molecule has 0 bridgehead atoms. The van der Waals surface area contributed by atoms with Crippen molar-refractivity contribution >= 4 is 38.7 Å². The summed E-state index contributed by atoms with van der Waals surface area (Å²) in [6.45, 7) is 0. The summed E-state index contributed by atoms with van der Waals surface area (Å²) in [5, 5.41) is 2.06. The summed E-state index contributed by atoms with van der Waals surface area (Å²) >= 11 is 3.39. The van der Waals surface area contributed by atoms with Gasteiger partial charge >= 0.3 is 6.21 Å². The number of fused-ring (bicyclic) bond motifs is 1. The summed E-state index contributed by atoms with van der Waals surface area (Å²) in [5.74, 6) is -0.250. The molecule has 0 aromatic heterocycles. The van der Waals surface area contributed by atoms with Gasteiger partial charge in [-0.2, -0.15) is 0 Å². The molecule has 2 aromatic carbocycles. The highest BCUT2D eigenvalue weighted by Gasteiger charge is 2.08. The fourth-order valence-electron chi connectivity index (χ4n) is 1.50. The number of hydrogen-bond donors (Lipinski definition) is 1. The van der Waals surface area contributed by atoms with Crippen LogP contribution < -0.4 is 0 Å². The van der Waals surface area contributed by atoms with Crippen LogP contribution in [0.4, 0.5) is 0 Å². The van der Waals surface area contributed by atoms with E-state index in [9.17, 15) is 4.79 Å². The number of ketones is 1. The van der Waals surface area contributed by atoms with Crippen LogP contribution in [-0.2, 0) is 0 Å². The predicted octanol–water partition coefficient (Wildman–Crippen LogP) is 3.09. The van der Waals surface area contributed by atoms with E-state index in [0.29, 0.717) is 5.56 Å². The van der Waals surface area contributed by atoms with Crippen LogP contribution in [0.5, 0.6) is 0 Å². The molecule has 0 radical (unpaired) electrons. The molecule has 0 saturated heterocycles. The number of rotatable bonds is 2. The maximum Gasteiger partial charge on any atom is 0.377 e. The zero-order valence-corrected chi connectivity index (χ0v) is 9.86. The average Bonchev–Trinajstić information content (AvgIpc) is 2.28. The highest BCUT2D eigenvalue weighted by molar-refractivity contribution is 9.10. The van der Waals surface area contributed by atoms with Crippen molar-refractivity contribution in [3.8, 4) is 0 Å². The summed E-state index contributed by atoms with van der Waals surface area (Å²) in [6.07, 6.45) is 1.00. The van der Waals surface area contributed by atoms with Crippen molar-refractivity contribution < 1.29 is 9.58 Å². The molecule has 16 heavy (non-hydrogen) atoms. The number of hydrogen-bond acceptors (Lipinski definition) is 2. The van der Waals surface area contributed by atoms with Gasteiger partial charge in [0.05, 0.1) is 10.3 Å². The molecule has 2 rings (SSSR count). The SMILES string of the molecule is N=[N+]=CC(=O)c1ccc2cc(Br)ccc2c1. The fourth-order valence-corrected chi connectivity index (χ4v) is 1.88. The average molecular weight is 276 g/mol. The normalized spacial score (nSPS) is 9.81. The first kappa shape index (κ1) is 10.7. The molecule has 0 amide bonds. The maximum atomic E-state index is 11.5. The number of carbonyl (C=O) groups excluding carboxylic acids is 1. The van der Waals surface area contributed by atoms with E-state index in [-0.39, 0.29) is 5.78 Å². The van der Waals surface area contributed by atoms with Crippen LogP contribution in [0.1, 0.15) is 10.4 Å². The first-order valence-electron chi connectivity index (χ1n) is 4.64. The Labute approximate surface area is 100 Å². The summed E-state index contributed by atoms with van der Waals surface area (Å²) < 4.78 is 1.01. The Balaban J connectivity index is 2.56. The fraction of sp³-hybridized carbons (Fsp3) is 0. The van der Waals surface area contributed by atoms with E-state index in [2.05, 4.69) is 20.7 Å². The molecule has 0 saturated carbocycles. The van der Waals surface area contributed by atoms with Crippen molar-refractivity contribution in [2.75, 3.05) is 0 Å². The van der Waals surface area contributed by atoms with Gasteiger partial charge in [0.1, 0.15) is 0 Å². The van der Waals surface area contributed by atoms with Gasteiger partial charge in [0.25, 0.3) is 5.78 Å². The molecule has 1 N–H and O–H groups in total. The first-order valence-corrected chi connectivity index (χ1v) is 5.43. The van der Waals surface area contributed by atoms with Crippen molar-refractivity contribution in [1.29, 1.82) is 5.53 Å². The molecule has 3 nitrogen and oxygen atoms in total. The van der Waals surface area contributed by atoms with Crippen molar-refractivity contribution in [3.05, 3.63) is 46.4 Å². The van der Waals surface area contributed by atoms with E-state index >= 15 is 0 Å². The molecular formula is C12H8BrN2O+. The van der Waals surface area contributed by atoms with E-state index in [1.165, 1.54) is 0 Å². The Morgan fingerprint density at radius 3 is 2.62 bits per heavy atom. The zero-order valence-electron chi connectivity index (χ0n) is 8.27. The minimum absolute atomic E-state index is 0.250. The number of benzene rings is 2. The minimum atomic E-state index is -0.250. The second kappa shape index (κ2) is 4.39. The van der Waals surface area contributed by atoms with E-state index in [1.807, 2.05) is 24.3 Å². The lowest BCUT2D eigenvalue weighted by Crippen LogP contribution is -2.00. The van der Waals surface area contributed by atoms with Gasteiger partial charge in [-0.05, 0) is 29.0 Å². The molecular weight excluding hydrogens is 268 g/mol. The molecule has 0 aliphatic carbocycles. The summed E-state index contributed by atoms with van der Waals surface area (Å²) in [6, 6.07) is 11.3. The molecule has 78 valence electrons. The monoisotopic (exact) mass is 275 g/mol. The summed E-state index contributed by atoms with van der Waals surface area (Å²) in [5.41, 5.74) is 7.16. The molecule has 0 aliphatic heterocycles. The number of halogens is 1. The van der Waals surface area contributed by atoms with Crippen molar-refractivity contribution in [3.63, 3.8) is 0 Å². The topological polar surface area (TPSA) is 55.0 Å². The maximum absolute atomic E-state index is 11.5. The Morgan fingerprint density at radius 2 is 1.88 bits per heavy atom. The van der Waals surface area contributed by atoms with Gasteiger partial charge < -0.3 is 0 Å². The molecule has 0 aliphatic rings. The van der Waals surface area contributed by atoms with Crippen LogP contribution in [0.15, 0.2) is 40.9 Å². The van der Waals surface area contributed by atoms with Crippen molar-refractivity contribution in [2.45, 2.75) is 0 Å². The Morgan fingerprint density at radius 1 is 1.19 bits per heavy atom. The molecule has 0 unspecified atom stereocenters. The molecule has 2 aromatic rings. The van der Waals surface area contributed by atoms with Crippen LogP contribution in [0.3, 0.4) is 0 Å². The number of carbonyl (C=O) groups is 1. The van der Waals surface area contributed by atoms with Gasteiger partial charge in [-0.15, -0.1) is 0 Å². The van der Waals surface area contributed by atoms with Gasteiger partial charge in [0, 0.05) is 10.0 Å².